The normalized spacial score (nSPS) is 16.5. The zero-order chi connectivity index (χ0) is 20.1. The summed E-state index contributed by atoms with van der Waals surface area (Å²) in [6, 6.07) is 9.01. The number of thiophene rings is 1. The van der Waals surface area contributed by atoms with Gasteiger partial charge in [-0.25, -0.2) is 13.6 Å². The van der Waals surface area contributed by atoms with Gasteiger partial charge in [0, 0.05) is 25.0 Å². The summed E-state index contributed by atoms with van der Waals surface area (Å²) in [7, 11) is -2.19. The molecular weight excluding hydrogens is 402 g/mol. The quantitative estimate of drug-likeness (QED) is 0.690. The SMILES string of the molecule is COc1ccc(C(CNC(=O)c2csc(S(N)(=O)=O)c2)N2CCOCC2)cc1. The predicted molar refractivity (Wildman–Crippen MR) is 106 cm³/mol. The first-order chi connectivity index (χ1) is 13.4. The van der Waals surface area contributed by atoms with E-state index in [2.05, 4.69) is 10.2 Å². The first-order valence-electron chi connectivity index (χ1n) is 8.74. The van der Waals surface area contributed by atoms with Gasteiger partial charge in [-0.2, -0.15) is 0 Å². The maximum atomic E-state index is 12.5. The molecule has 0 spiro atoms. The highest BCUT2D eigenvalue weighted by Crippen LogP contribution is 2.24. The summed E-state index contributed by atoms with van der Waals surface area (Å²) in [5.74, 6) is 0.431. The summed E-state index contributed by atoms with van der Waals surface area (Å²) in [6.45, 7) is 3.19. The Kier molecular flexibility index (Phi) is 6.68. The Hall–Kier alpha value is -1.98. The van der Waals surface area contributed by atoms with Gasteiger partial charge in [0.1, 0.15) is 9.96 Å². The van der Waals surface area contributed by atoms with Crippen molar-refractivity contribution in [1.29, 1.82) is 0 Å². The molecule has 1 aliphatic rings. The number of ether oxygens (including phenoxy) is 2. The van der Waals surface area contributed by atoms with E-state index < -0.39 is 10.0 Å². The molecule has 0 aliphatic carbocycles. The molecule has 1 fully saturated rings. The number of nitrogens with one attached hydrogen (secondary N) is 1. The van der Waals surface area contributed by atoms with Gasteiger partial charge in [-0.3, -0.25) is 9.69 Å². The maximum Gasteiger partial charge on any atom is 0.252 e. The Balaban J connectivity index is 1.73. The molecule has 1 unspecified atom stereocenters. The molecule has 1 saturated heterocycles. The molecule has 1 aliphatic heterocycles. The van der Waals surface area contributed by atoms with Crippen LogP contribution in [0.1, 0.15) is 22.0 Å². The van der Waals surface area contributed by atoms with E-state index in [1.54, 1.807) is 7.11 Å². The first-order valence-corrected chi connectivity index (χ1v) is 11.2. The average Bonchev–Trinajstić information content (AvgIpc) is 3.20. The molecule has 1 atom stereocenters. The monoisotopic (exact) mass is 425 g/mol. The number of amides is 1. The van der Waals surface area contributed by atoms with E-state index in [9.17, 15) is 13.2 Å². The topological polar surface area (TPSA) is 111 Å². The molecule has 2 aromatic rings. The Labute approximate surface area is 168 Å². The molecule has 8 nitrogen and oxygen atoms in total. The van der Waals surface area contributed by atoms with E-state index in [4.69, 9.17) is 14.6 Å². The largest absolute Gasteiger partial charge is 0.497 e. The molecule has 0 radical (unpaired) electrons. The summed E-state index contributed by atoms with van der Waals surface area (Å²) in [5.41, 5.74) is 1.34. The molecule has 3 N–H and O–H groups in total. The van der Waals surface area contributed by atoms with E-state index in [0.29, 0.717) is 19.8 Å². The van der Waals surface area contributed by atoms with Crippen LogP contribution in [0.3, 0.4) is 0 Å². The molecule has 1 amide bonds. The molecule has 1 aromatic carbocycles. The fourth-order valence-electron chi connectivity index (χ4n) is 3.05. The number of rotatable bonds is 7. The van der Waals surface area contributed by atoms with Gasteiger partial charge in [0.15, 0.2) is 0 Å². The number of benzene rings is 1. The van der Waals surface area contributed by atoms with Crippen molar-refractivity contribution >= 4 is 27.3 Å². The van der Waals surface area contributed by atoms with Gasteiger partial charge in [0.05, 0.1) is 31.9 Å². The third-order valence-corrected chi connectivity index (χ3v) is 6.95. The molecule has 0 bridgehead atoms. The molecule has 28 heavy (non-hydrogen) atoms. The van der Waals surface area contributed by atoms with Crippen molar-refractivity contribution in [3.05, 3.63) is 46.8 Å². The summed E-state index contributed by atoms with van der Waals surface area (Å²) in [4.78, 5) is 14.8. The minimum atomic E-state index is -3.81. The zero-order valence-corrected chi connectivity index (χ0v) is 17.1. The van der Waals surface area contributed by atoms with Crippen molar-refractivity contribution in [3.63, 3.8) is 0 Å². The third-order valence-electron chi connectivity index (χ3n) is 4.56. The second kappa shape index (κ2) is 9.01. The lowest BCUT2D eigenvalue weighted by atomic mass is 10.0. The maximum absolute atomic E-state index is 12.5. The van der Waals surface area contributed by atoms with Crippen LogP contribution in [0.4, 0.5) is 0 Å². The number of morpholine rings is 1. The molecule has 10 heteroatoms. The highest BCUT2D eigenvalue weighted by Gasteiger charge is 2.24. The van der Waals surface area contributed by atoms with E-state index in [-0.39, 0.29) is 21.7 Å². The fourth-order valence-corrected chi connectivity index (χ4v) is 4.63. The second-order valence-corrected chi connectivity index (χ2v) is 9.05. The summed E-state index contributed by atoms with van der Waals surface area (Å²) in [6.07, 6.45) is 0. The number of sulfonamides is 1. The Morgan fingerprint density at radius 1 is 1.32 bits per heavy atom. The van der Waals surface area contributed by atoms with Crippen LogP contribution in [-0.2, 0) is 14.8 Å². The minimum Gasteiger partial charge on any atom is -0.497 e. The molecule has 0 saturated carbocycles. The van der Waals surface area contributed by atoms with Crippen LogP contribution in [0.25, 0.3) is 0 Å². The summed E-state index contributed by atoms with van der Waals surface area (Å²) < 4.78 is 33.4. The smallest absolute Gasteiger partial charge is 0.252 e. The second-order valence-electron chi connectivity index (χ2n) is 6.35. The standard InChI is InChI=1S/C18H23N3O5S2/c1-25-15-4-2-13(3-5-15)16(21-6-8-26-9-7-21)11-20-18(22)14-10-17(27-12-14)28(19,23)24/h2-5,10,12,16H,6-9,11H2,1H3,(H,20,22)(H2,19,23,24). The van der Waals surface area contributed by atoms with Crippen LogP contribution in [0.2, 0.25) is 0 Å². The van der Waals surface area contributed by atoms with Crippen LogP contribution in [-0.4, -0.2) is 59.2 Å². The van der Waals surface area contributed by atoms with Gasteiger partial charge in [0.25, 0.3) is 5.91 Å². The van der Waals surface area contributed by atoms with Crippen molar-refractivity contribution in [3.8, 4) is 5.75 Å². The van der Waals surface area contributed by atoms with Gasteiger partial charge in [-0.05, 0) is 23.8 Å². The van der Waals surface area contributed by atoms with Crippen molar-refractivity contribution in [2.75, 3.05) is 40.0 Å². The lowest BCUT2D eigenvalue weighted by Crippen LogP contribution is -2.43. The zero-order valence-electron chi connectivity index (χ0n) is 15.5. The van der Waals surface area contributed by atoms with Gasteiger partial charge < -0.3 is 14.8 Å². The molecule has 3 rings (SSSR count). The molecular formula is C18H23N3O5S2. The predicted octanol–water partition coefficient (Wildman–Crippen LogP) is 1.21. The van der Waals surface area contributed by atoms with Crippen LogP contribution in [0.15, 0.2) is 39.9 Å². The van der Waals surface area contributed by atoms with Crippen molar-refractivity contribution in [1.82, 2.24) is 10.2 Å². The Morgan fingerprint density at radius 2 is 2.00 bits per heavy atom. The number of nitrogens with two attached hydrogens (primary N) is 1. The van der Waals surface area contributed by atoms with Crippen LogP contribution >= 0.6 is 11.3 Å². The van der Waals surface area contributed by atoms with Gasteiger partial charge in [0.2, 0.25) is 10.0 Å². The van der Waals surface area contributed by atoms with Gasteiger partial charge in [-0.1, -0.05) is 12.1 Å². The lowest BCUT2D eigenvalue weighted by Gasteiger charge is -2.35. The van der Waals surface area contributed by atoms with Gasteiger partial charge in [-0.15, -0.1) is 11.3 Å². The van der Waals surface area contributed by atoms with Crippen LogP contribution in [0.5, 0.6) is 5.75 Å². The van der Waals surface area contributed by atoms with Crippen LogP contribution < -0.4 is 15.2 Å². The number of carbonyl (C=O) groups excluding carboxylic acids is 1. The molecule has 152 valence electrons. The first kappa shape index (κ1) is 20.7. The van der Waals surface area contributed by atoms with Crippen molar-refractivity contribution in [2.24, 2.45) is 5.14 Å². The Morgan fingerprint density at radius 3 is 2.57 bits per heavy atom. The number of methoxy groups -OCH3 is 1. The lowest BCUT2D eigenvalue weighted by molar-refractivity contribution is 0.0162. The van der Waals surface area contributed by atoms with E-state index in [1.807, 2.05) is 24.3 Å². The number of carbonyl (C=O) groups is 1. The minimum absolute atomic E-state index is 0.0301. The Bertz CT molecular complexity index is 906. The molecule has 1 aromatic heterocycles. The molecule has 2 heterocycles. The highest BCUT2D eigenvalue weighted by molar-refractivity contribution is 7.91. The third kappa shape index (κ3) is 5.09. The number of hydrogen-bond donors (Lipinski definition) is 2. The van der Waals surface area contributed by atoms with E-state index in [1.165, 1.54) is 11.4 Å². The van der Waals surface area contributed by atoms with Crippen molar-refractivity contribution < 1.29 is 22.7 Å². The number of nitrogens with zero attached hydrogens (tertiary/aromatic N) is 1. The van der Waals surface area contributed by atoms with Crippen molar-refractivity contribution in [2.45, 2.75) is 10.3 Å². The van der Waals surface area contributed by atoms with E-state index in [0.717, 1.165) is 35.7 Å². The van der Waals surface area contributed by atoms with Gasteiger partial charge >= 0.3 is 0 Å². The number of primary sulfonamides is 1. The van der Waals surface area contributed by atoms with Crippen LogP contribution in [0, 0.1) is 0 Å². The fraction of sp³-hybridized carbons (Fsp3) is 0.389. The highest BCUT2D eigenvalue weighted by atomic mass is 32.2. The summed E-state index contributed by atoms with van der Waals surface area (Å²) in [5, 5.41) is 9.51. The average molecular weight is 426 g/mol. The number of hydrogen-bond acceptors (Lipinski definition) is 7. The summed E-state index contributed by atoms with van der Waals surface area (Å²) >= 11 is 0.933. The van der Waals surface area contributed by atoms with E-state index >= 15 is 0 Å².